The van der Waals surface area contributed by atoms with Crippen LogP contribution < -0.4 is 0 Å². The van der Waals surface area contributed by atoms with Gasteiger partial charge >= 0.3 is 12.4 Å². The third kappa shape index (κ3) is 3.82. The zero-order valence-electron chi connectivity index (χ0n) is 19.0. The molecule has 0 aliphatic rings. The van der Waals surface area contributed by atoms with Crippen LogP contribution in [0.1, 0.15) is 11.1 Å². The number of pyridine rings is 1. The highest BCUT2D eigenvalue weighted by Gasteiger charge is 2.31. The molecule has 0 aliphatic heterocycles. The third-order valence-electron chi connectivity index (χ3n) is 6.63. The van der Waals surface area contributed by atoms with Crippen molar-refractivity contribution in [1.82, 2.24) is 4.40 Å². The fourth-order valence-corrected chi connectivity index (χ4v) is 4.98. The van der Waals surface area contributed by atoms with Crippen LogP contribution >= 0.6 is 0 Å². The van der Waals surface area contributed by atoms with Crippen molar-refractivity contribution in [2.75, 3.05) is 0 Å². The summed E-state index contributed by atoms with van der Waals surface area (Å²) in [5, 5.41) is 1.70. The number of hydrogen-bond acceptors (Lipinski definition) is 0. The van der Waals surface area contributed by atoms with Crippen LogP contribution in [0.15, 0.2) is 103 Å². The molecule has 4 aromatic carbocycles. The van der Waals surface area contributed by atoms with Gasteiger partial charge in [0.2, 0.25) is 0 Å². The van der Waals surface area contributed by atoms with E-state index in [2.05, 4.69) is 0 Å². The lowest BCUT2D eigenvalue weighted by Crippen LogP contribution is -2.05. The molecule has 7 heteroatoms. The van der Waals surface area contributed by atoms with Gasteiger partial charge in [0.15, 0.2) is 0 Å². The van der Waals surface area contributed by atoms with Crippen molar-refractivity contribution >= 4 is 27.3 Å². The maximum Gasteiger partial charge on any atom is 0.416 e. The van der Waals surface area contributed by atoms with E-state index in [1.54, 1.807) is 0 Å². The molecule has 0 unspecified atom stereocenters. The Hall–Kier alpha value is -4.26. The van der Waals surface area contributed by atoms with Crippen LogP contribution in [0.3, 0.4) is 0 Å². The molecule has 184 valence electrons. The number of rotatable bonds is 2. The van der Waals surface area contributed by atoms with E-state index in [0.717, 1.165) is 51.6 Å². The molecule has 6 aromatic rings. The second-order valence-corrected chi connectivity index (χ2v) is 8.84. The first-order valence-electron chi connectivity index (χ1n) is 11.4. The van der Waals surface area contributed by atoms with Crippen molar-refractivity contribution in [3.8, 4) is 22.3 Å². The number of fused-ring (bicyclic) bond motifs is 5. The Morgan fingerprint density at radius 3 is 1.51 bits per heavy atom. The van der Waals surface area contributed by atoms with Crippen molar-refractivity contribution in [3.05, 3.63) is 114 Å². The molecule has 0 fully saturated rings. The van der Waals surface area contributed by atoms with E-state index in [9.17, 15) is 26.3 Å². The SMILES string of the molecule is FC(F)(F)c1ccc(-c2c(-c3ccc(C(F)(F)F)cc3)c3cc4ccccc4n3c3ccccc23)cc1. The minimum absolute atomic E-state index is 0.529. The molecule has 6 rings (SSSR count). The van der Waals surface area contributed by atoms with E-state index in [4.69, 9.17) is 0 Å². The van der Waals surface area contributed by atoms with Crippen LogP contribution in [0.2, 0.25) is 0 Å². The molecule has 0 radical (unpaired) electrons. The molecule has 0 atom stereocenters. The summed E-state index contributed by atoms with van der Waals surface area (Å²) in [6, 6.07) is 27.0. The fourth-order valence-electron chi connectivity index (χ4n) is 4.98. The highest BCUT2D eigenvalue weighted by atomic mass is 19.4. The number of halogens is 6. The van der Waals surface area contributed by atoms with Crippen LogP contribution in [-0.4, -0.2) is 4.40 Å². The van der Waals surface area contributed by atoms with Crippen LogP contribution in [0.25, 0.3) is 49.6 Å². The maximum atomic E-state index is 13.3. The molecule has 2 heterocycles. The first-order valence-corrected chi connectivity index (χ1v) is 11.4. The van der Waals surface area contributed by atoms with Crippen molar-refractivity contribution in [2.45, 2.75) is 12.4 Å². The van der Waals surface area contributed by atoms with Crippen molar-refractivity contribution < 1.29 is 26.3 Å². The molecule has 0 bridgehead atoms. The molecule has 0 aliphatic carbocycles. The van der Waals surface area contributed by atoms with Crippen molar-refractivity contribution in [1.29, 1.82) is 0 Å². The molecule has 0 amide bonds. The van der Waals surface area contributed by atoms with Gasteiger partial charge in [-0.05, 0) is 53.6 Å². The zero-order valence-corrected chi connectivity index (χ0v) is 19.0. The van der Waals surface area contributed by atoms with Gasteiger partial charge in [-0.25, -0.2) is 0 Å². The van der Waals surface area contributed by atoms with Gasteiger partial charge in [0, 0.05) is 21.9 Å². The molecule has 2 aromatic heterocycles. The van der Waals surface area contributed by atoms with Gasteiger partial charge < -0.3 is 4.40 Å². The van der Waals surface area contributed by atoms with E-state index in [1.807, 2.05) is 59.0 Å². The summed E-state index contributed by atoms with van der Waals surface area (Å²) in [5.41, 5.74) is 3.31. The van der Waals surface area contributed by atoms with Crippen molar-refractivity contribution in [3.63, 3.8) is 0 Å². The summed E-state index contributed by atoms with van der Waals surface area (Å²) in [5.74, 6) is 0. The van der Waals surface area contributed by atoms with Crippen LogP contribution in [0.5, 0.6) is 0 Å². The average molecular weight is 505 g/mol. The molecule has 0 spiro atoms. The number of aromatic nitrogens is 1. The van der Waals surface area contributed by atoms with E-state index in [1.165, 1.54) is 24.3 Å². The van der Waals surface area contributed by atoms with Gasteiger partial charge in [0.25, 0.3) is 0 Å². The summed E-state index contributed by atoms with van der Waals surface area (Å²) >= 11 is 0. The van der Waals surface area contributed by atoms with Gasteiger partial charge in [0.05, 0.1) is 27.7 Å². The van der Waals surface area contributed by atoms with E-state index < -0.39 is 23.5 Å². The standard InChI is InChI=1S/C30H17F6N/c31-29(32,33)21-13-9-18(10-14-21)27-23-6-2-4-8-25(23)37-24-7-3-1-5-20(24)17-26(37)28(27)19-11-15-22(16-12-19)30(34,35)36/h1-17H. The first kappa shape index (κ1) is 23.2. The molecular formula is C30H17F6N. The highest BCUT2D eigenvalue weighted by molar-refractivity contribution is 6.11. The molecule has 0 saturated heterocycles. The average Bonchev–Trinajstić information content (AvgIpc) is 3.27. The third-order valence-corrected chi connectivity index (χ3v) is 6.63. The Bertz CT molecular complexity index is 1770. The minimum Gasteiger partial charge on any atom is -0.309 e. The van der Waals surface area contributed by atoms with Crippen LogP contribution in [0, 0.1) is 0 Å². The predicted octanol–water partition coefficient (Wildman–Crippen LogP) is 9.62. The highest BCUT2D eigenvalue weighted by Crippen LogP contribution is 2.44. The largest absolute Gasteiger partial charge is 0.416 e. The first-order chi connectivity index (χ1) is 17.6. The summed E-state index contributed by atoms with van der Waals surface area (Å²) in [6.45, 7) is 0. The quantitative estimate of drug-likeness (QED) is 0.206. The summed E-state index contributed by atoms with van der Waals surface area (Å²) in [6.07, 6.45) is -8.97. The Kier molecular flexibility index (Phi) is 5.09. The van der Waals surface area contributed by atoms with E-state index >= 15 is 0 Å². The topological polar surface area (TPSA) is 4.41 Å². The van der Waals surface area contributed by atoms with Gasteiger partial charge in [-0.1, -0.05) is 60.7 Å². The lowest BCUT2D eigenvalue weighted by molar-refractivity contribution is -0.138. The number of nitrogens with zero attached hydrogens (tertiary/aromatic N) is 1. The van der Waals surface area contributed by atoms with Gasteiger partial charge in [0.1, 0.15) is 0 Å². The predicted molar refractivity (Wildman–Crippen MR) is 133 cm³/mol. The molecule has 0 saturated carbocycles. The second kappa shape index (κ2) is 8.13. The Labute approximate surface area is 207 Å². The van der Waals surface area contributed by atoms with Crippen LogP contribution in [0.4, 0.5) is 26.3 Å². The van der Waals surface area contributed by atoms with Crippen molar-refractivity contribution in [2.24, 2.45) is 0 Å². The smallest absolute Gasteiger partial charge is 0.309 e. The van der Waals surface area contributed by atoms with Crippen LogP contribution in [-0.2, 0) is 12.4 Å². The lowest BCUT2D eigenvalue weighted by atomic mass is 9.90. The number of hydrogen-bond donors (Lipinski definition) is 0. The minimum atomic E-state index is -4.49. The Morgan fingerprint density at radius 1 is 0.459 bits per heavy atom. The van der Waals surface area contributed by atoms with Gasteiger partial charge in [-0.3, -0.25) is 0 Å². The summed E-state index contributed by atoms with van der Waals surface area (Å²) in [7, 11) is 0. The fraction of sp³-hybridized carbons (Fsp3) is 0.0667. The number of alkyl halides is 6. The summed E-state index contributed by atoms with van der Waals surface area (Å²) in [4.78, 5) is 0. The molecule has 37 heavy (non-hydrogen) atoms. The van der Waals surface area contributed by atoms with E-state index in [0.29, 0.717) is 22.3 Å². The number of para-hydroxylation sites is 2. The Balaban J connectivity index is 1.75. The zero-order chi connectivity index (χ0) is 25.9. The number of benzene rings is 4. The molecular weight excluding hydrogens is 488 g/mol. The van der Waals surface area contributed by atoms with Gasteiger partial charge in [-0.15, -0.1) is 0 Å². The summed E-state index contributed by atoms with van der Waals surface area (Å²) < 4.78 is 81.8. The normalized spacial score (nSPS) is 12.6. The maximum absolute atomic E-state index is 13.3. The Morgan fingerprint density at radius 2 is 0.946 bits per heavy atom. The lowest BCUT2D eigenvalue weighted by Gasteiger charge is -2.19. The van der Waals surface area contributed by atoms with Gasteiger partial charge in [-0.2, -0.15) is 26.3 Å². The second-order valence-electron chi connectivity index (χ2n) is 8.84. The molecule has 1 nitrogen and oxygen atoms in total. The van der Waals surface area contributed by atoms with E-state index in [-0.39, 0.29) is 0 Å². The molecule has 0 N–H and O–H groups in total. The monoisotopic (exact) mass is 505 g/mol.